The second-order valence-corrected chi connectivity index (χ2v) is 8.17. The molecule has 2 amide bonds. The molecule has 7 heteroatoms. The van der Waals surface area contributed by atoms with Gasteiger partial charge in [-0.15, -0.1) is 0 Å². The van der Waals surface area contributed by atoms with Crippen molar-refractivity contribution < 1.29 is 18.9 Å². The van der Waals surface area contributed by atoms with Crippen LogP contribution in [0.4, 0.5) is 10.1 Å². The minimum absolute atomic E-state index is 0.0930. The third kappa shape index (κ3) is 1.96. The summed E-state index contributed by atoms with van der Waals surface area (Å²) in [6.07, 6.45) is 0. The zero-order valence-electron chi connectivity index (χ0n) is 16.1. The van der Waals surface area contributed by atoms with E-state index in [-0.39, 0.29) is 5.69 Å². The first kappa shape index (κ1) is 17.9. The van der Waals surface area contributed by atoms with E-state index in [0.29, 0.717) is 22.3 Å². The van der Waals surface area contributed by atoms with Gasteiger partial charge in [0, 0.05) is 22.0 Å². The van der Waals surface area contributed by atoms with Gasteiger partial charge in [-0.2, -0.15) is 0 Å². The number of anilines is 1. The van der Waals surface area contributed by atoms with Crippen LogP contribution in [0.1, 0.15) is 28.2 Å². The first-order chi connectivity index (χ1) is 15.0. The minimum atomic E-state index is -1.87. The molecular weight excluding hydrogens is 399 g/mol. The summed E-state index contributed by atoms with van der Waals surface area (Å²) in [6, 6.07) is 19.2. The summed E-state index contributed by atoms with van der Waals surface area (Å²) >= 11 is 0. The van der Waals surface area contributed by atoms with E-state index in [9.17, 15) is 24.1 Å². The summed E-state index contributed by atoms with van der Waals surface area (Å²) in [6.45, 7) is 0. The number of amides is 2. The number of nitro groups is 1. The van der Waals surface area contributed by atoms with Gasteiger partial charge in [-0.1, -0.05) is 54.6 Å². The van der Waals surface area contributed by atoms with Crippen molar-refractivity contribution in [2.75, 3.05) is 4.90 Å². The van der Waals surface area contributed by atoms with Crippen LogP contribution in [0.25, 0.3) is 0 Å². The highest BCUT2D eigenvalue weighted by molar-refractivity contribution is 6.23. The molecule has 1 heterocycles. The molecule has 0 saturated carbocycles. The molecule has 2 atom stereocenters. The molecule has 1 aliphatic heterocycles. The lowest BCUT2D eigenvalue weighted by molar-refractivity contribution is -0.578. The van der Waals surface area contributed by atoms with Crippen molar-refractivity contribution in [3.05, 3.63) is 111 Å². The minimum Gasteiger partial charge on any atom is -0.274 e. The third-order valence-corrected chi connectivity index (χ3v) is 6.93. The van der Waals surface area contributed by atoms with Gasteiger partial charge in [-0.3, -0.25) is 19.7 Å². The Morgan fingerprint density at radius 2 is 1.48 bits per heavy atom. The summed E-state index contributed by atoms with van der Waals surface area (Å²) in [5.74, 6) is -4.38. The Hall–Kier alpha value is -3.87. The third-order valence-electron chi connectivity index (χ3n) is 6.93. The fourth-order valence-corrected chi connectivity index (χ4v) is 5.91. The van der Waals surface area contributed by atoms with E-state index in [4.69, 9.17) is 0 Å². The summed E-state index contributed by atoms with van der Waals surface area (Å²) in [4.78, 5) is 40.6. The standard InChI is InChI=1S/C24H15FN2O4/c25-13-6-5-7-14(12-13)26-22(28)20-19-15-8-1-3-10-17(15)24(27(30)31,21(20)23(26)29)18-11-4-2-9-16(18)19/h1-12,19-21H. The van der Waals surface area contributed by atoms with Crippen LogP contribution in [0.15, 0.2) is 72.8 Å². The SMILES string of the molecule is O=C1C2C3c4ccccc4C([N+](=O)[O-])(c4ccccc43)C2C(=O)N1c1cccc(F)c1. The molecule has 6 nitrogen and oxygen atoms in total. The number of rotatable bonds is 2. The molecule has 0 aromatic heterocycles. The Kier molecular flexibility index (Phi) is 3.38. The van der Waals surface area contributed by atoms with Crippen LogP contribution >= 0.6 is 0 Å². The van der Waals surface area contributed by atoms with Gasteiger partial charge in [0.25, 0.3) is 5.54 Å². The molecule has 0 N–H and O–H groups in total. The highest BCUT2D eigenvalue weighted by Gasteiger charge is 2.74. The van der Waals surface area contributed by atoms with Gasteiger partial charge in [-0.25, -0.2) is 9.29 Å². The molecule has 0 radical (unpaired) electrons. The molecule has 3 aromatic carbocycles. The van der Waals surface area contributed by atoms with Crippen molar-refractivity contribution in [3.8, 4) is 0 Å². The fraction of sp³-hybridized carbons (Fsp3) is 0.167. The van der Waals surface area contributed by atoms with Crippen LogP contribution in [0.5, 0.6) is 0 Å². The number of nitrogens with zero attached hydrogens (tertiary/aromatic N) is 2. The van der Waals surface area contributed by atoms with Crippen LogP contribution in [0.3, 0.4) is 0 Å². The Labute approximate surface area is 176 Å². The maximum Gasteiger partial charge on any atom is 0.285 e. The van der Waals surface area contributed by atoms with Gasteiger partial charge in [-0.05, 0) is 29.3 Å². The number of hydrogen-bond acceptors (Lipinski definition) is 4. The van der Waals surface area contributed by atoms with Gasteiger partial charge >= 0.3 is 0 Å². The average molecular weight is 414 g/mol. The van der Waals surface area contributed by atoms with Crippen molar-refractivity contribution >= 4 is 17.5 Å². The zero-order valence-corrected chi connectivity index (χ0v) is 16.1. The number of imide groups is 1. The highest BCUT2D eigenvalue weighted by atomic mass is 19.1. The molecule has 3 aliphatic carbocycles. The van der Waals surface area contributed by atoms with Crippen molar-refractivity contribution in [1.29, 1.82) is 0 Å². The van der Waals surface area contributed by atoms with E-state index in [1.54, 1.807) is 48.5 Å². The van der Waals surface area contributed by atoms with E-state index in [2.05, 4.69) is 0 Å². The molecule has 152 valence electrons. The van der Waals surface area contributed by atoms with Crippen molar-refractivity contribution in [1.82, 2.24) is 0 Å². The number of hydrogen-bond donors (Lipinski definition) is 0. The van der Waals surface area contributed by atoms with Crippen LogP contribution in [-0.2, 0) is 15.1 Å². The predicted molar refractivity (Wildman–Crippen MR) is 108 cm³/mol. The van der Waals surface area contributed by atoms with Gasteiger partial charge in [0.05, 0.1) is 11.6 Å². The fourth-order valence-electron chi connectivity index (χ4n) is 5.91. The maximum absolute atomic E-state index is 13.9. The molecular formula is C24H15FN2O4. The summed E-state index contributed by atoms with van der Waals surface area (Å²) in [5.41, 5.74) is 0.513. The molecule has 1 fully saturated rings. The normalized spacial score (nSPS) is 27.6. The summed E-state index contributed by atoms with van der Waals surface area (Å²) in [5, 5.41) is 12.8. The molecule has 2 bridgehead atoms. The van der Waals surface area contributed by atoms with Crippen LogP contribution in [-0.4, -0.2) is 16.7 Å². The molecule has 1 saturated heterocycles. The van der Waals surface area contributed by atoms with Gasteiger partial charge in [0.2, 0.25) is 11.8 Å². The Bertz CT molecular complexity index is 1270. The van der Waals surface area contributed by atoms with Crippen LogP contribution < -0.4 is 4.90 Å². The number of carbonyl (C=O) groups is 2. The van der Waals surface area contributed by atoms with Crippen LogP contribution in [0.2, 0.25) is 0 Å². The molecule has 7 rings (SSSR count). The molecule has 4 aliphatic rings. The van der Waals surface area contributed by atoms with Gasteiger partial charge < -0.3 is 0 Å². The molecule has 3 aromatic rings. The van der Waals surface area contributed by atoms with Gasteiger partial charge in [0.15, 0.2) is 0 Å². The second kappa shape index (κ2) is 5.85. The van der Waals surface area contributed by atoms with Crippen molar-refractivity contribution in [2.45, 2.75) is 11.5 Å². The molecule has 2 unspecified atom stereocenters. The van der Waals surface area contributed by atoms with E-state index in [0.717, 1.165) is 11.0 Å². The lowest BCUT2D eigenvalue weighted by Crippen LogP contribution is -2.57. The van der Waals surface area contributed by atoms with Crippen LogP contribution in [0, 0.1) is 27.8 Å². The van der Waals surface area contributed by atoms with Gasteiger partial charge in [0.1, 0.15) is 11.7 Å². The number of carbonyl (C=O) groups excluding carboxylic acids is 2. The van der Waals surface area contributed by atoms with Crippen molar-refractivity contribution in [3.63, 3.8) is 0 Å². The largest absolute Gasteiger partial charge is 0.285 e. The molecule has 0 spiro atoms. The monoisotopic (exact) mass is 414 g/mol. The first-order valence-electron chi connectivity index (χ1n) is 9.94. The Balaban J connectivity index is 1.68. The molecule has 31 heavy (non-hydrogen) atoms. The van der Waals surface area contributed by atoms with E-state index in [1.165, 1.54) is 18.2 Å². The zero-order chi connectivity index (χ0) is 21.5. The lowest BCUT2D eigenvalue weighted by atomic mass is 9.51. The Morgan fingerprint density at radius 3 is 2.06 bits per heavy atom. The smallest absolute Gasteiger partial charge is 0.274 e. The van der Waals surface area contributed by atoms with E-state index in [1.807, 2.05) is 0 Å². The maximum atomic E-state index is 13.9. The number of halogens is 1. The van der Waals surface area contributed by atoms with Crippen molar-refractivity contribution in [2.24, 2.45) is 11.8 Å². The highest BCUT2D eigenvalue weighted by Crippen LogP contribution is 2.64. The predicted octanol–water partition coefficient (Wildman–Crippen LogP) is 3.61. The summed E-state index contributed by atoms with van der Waals surface area (Å²) < 4.78 is 13.9. The lowest BCUT2D eigenvalue weighted by Gasteiger charge is -2.48. The first-order valence-corrected chi connectivity index (χ1v) is 9.94. The quantitative estimate of drug-likeness (QED) is 0.365. The number of benzene rings is 3. The Morgan fingerprint density at radius 1 is 0.871 bits per heavy atom. The topological polar surface area (TPSA) is 80.5 Å². The average Bonchev–Trinajstić information content (AvgIpc) is 3.04. The van der Waals surface area contributed by atoms with E-state index >= 15 is 0 Å². The van der Waals surface area contributed by atoms with E-state index < -0.39 is 45.8 Å². The second-order valence-electron chi connectivity index (χ2n) is 8.17. The summed E-state index contributed by atoms with van der Waals surface area (Å²) in [7, 11) is 0.